The van der Waals surface area contributed by atoms with E-state index >= 15 is 0 Å². The van der Waals surface area contributed by atoms with Crippen LogP contribution in [0.3, 0.4) is 0 Å². The number of fused-ring (bicyclic) bond motifs is 1. The number of ether oxygens (including phenoxy) is 1. The molecule has 10 nitrogen and oxygen atoms in total. The summed E-state index contributed by atoms with van der Waals surface area (Å²) in [5.74, 6) is 0.389. The molecule has 3 aromatic heterocycles. The summed E-state index contributed by atoms with van der Waals surface area (Å²) in [6.45, 7) is 0.305. The highest BCUT2D eigenvalue weighted by Crippen LogP contribution is 2.22. The lowest BCUT2D eigenvalue weighted by Crippen LogP contribution is -2.42. The maximum absolute atomic E-state index is 12.9. The number of hydrogen-bond donors (Lipinski definition) is 3. The quantitative estimate of drug-likeness (QED) is 0.575. The molecule has 3 heterocycles. The molecular weight excluding hydrogens is 372 g/mol. The summed E-state index contributed by atoms with van der Waals surface area (Å²) in [7, 11) is 3.38. The second-order valence-electron chi connectivity index (χ2n) is 7.39. The highest BCUT2D eigenvalue weighted by molar-refractivity contribution is 6.08. The summed E-state index contributed by atoms with van der Waals surface area (Å²) in [5.41, 5.74) is 8.35. The average molecular weight is 398 g/mol. The van der Waals surface area contributed by atoms with Crippen molar-refractivity contribution in [2.75, 3.05) is 17.7 Å². The number of hydrogen-bond acceptors (Lipinski definition) is 7. The average Bonchev–Trinajstić information content (AvgIpc) is 3.27. The van der Waals surface area contributed by atoms with Crippen LogP contribution in [-0.2, 0) is 18.4 Å². The van der Waals surface area contributed by atoms with Crippen LogP contribution in [0.15, 0.2) is 24.7 Å². The van der Waals surface area contributed by atoms with Gasteiger partial charge in [0.2, 0.25) is 0 Å². The molecule has 0 radical (unpaired) electrons. The van der Waals surface area contributed by atoms with Crippen LogP contribution < -0.4 is 16.4 Å². The molecule has 10 heteroatoms. The highest BCUT2D eigenvalue weighted by atomic mass is 16.5. The van der Waals surface area contributed by atoms with Crippen molar-refractivity contribution in [1.29, 1.82) is 0 Å². The van der Waals surface area contributed by atoms with Crippen LogP contribution in [0.1, 0.15) is 41.7 Å². The molecule has 154 valence electrons. The minimum absolute atomic E-state index is 0.110. The summed E-state index contributed by atoms with van der Waals surface area (Å²) in [6, 6.07) is 2.14. The molecule has 3 aromatic rings. The van der Waals surface area contributed by atoms with Gasteiger partial charge in [0.05, 0.1) is 18.5 Å². The minimum Gasteiger partial charge on any atom is -0.378 e. The van der Waals surface area contributed by atoms with Gasteiger partial charge in [0.1, 0.15) is 17.1 Å². The fourth-order valence-corrected chi connectivity index (χ4v) is 3.71. The van der Waals surface area contributed by atoms with Crippen LogP contribution in [0.2, 0.25) is 0 Å². The molecule has 0 spiro atoms. The van der Waals surface area contributed by atoms with Gasteiger partial charge >= 0.3 is 0 Å². The number of rotatable bonds is 6. The standard InChI is InChI=1S/C19H26N8O2/c1-26-10-15(16(25-26)11-29-2)23-19(28)12-9-21-27-8-7-17(24-18(12)27)22-14-6-4-3-5-13(14)20/h7-10,13-14H,3-6,11,20H2,1-2H3,(H,22,24)(H,23,28)/t13-,14+/m0/s1. The van der Waals surface area contributed by atoms with Gasteiger partial charge in [-0.25, -0.2) is 9.50 Å². The van der Waals surface area contributed by atoms with Gasteiger partial charge in [-0.2, -0.15) is 10.2 Å². The van der Waals surface area contributed by atoms with Gasteiger partial charge in [-0.1, -0.05) is 12.8 Å². The third-order valence-electron chi connectivity index (χ3n) is 5.20. The van der Waals surface area contributed by atoms with Crippen molar-refractivity contribution in [2.24, 2.45) is 12.8 Å². The van der Waals surface area contributed by atoms with Gasteiger partial charge < -0.3 is 21.1 Å². The SMILES string of the molecule is COCc1nn(C)cc1NC(=O)c1cnn2ccc(N[C@@H]3CCCC[C@@H]3N)nc12. The van der Waals surface area contributed by atoms with Gasteiger partial charge in [-0.3, -0.25) is 9.48 Å². The number of carbonyl (C=O) groups is 1. The molecule has 0 saturated heterocycles. The number of nitrogens with one attached hydrogen (secondary N) is 2. The zero-order valence-electron chi connectivity index (χ0n) is 16.6. The highest BCUT2D eigenvalue weighted by Gasteiger charge is 2.23. The number of methoxy groups -OCH3 is 1. The maximum atomic E-state index is 12.9. The Morgan fingerprint density at radius 3 is 3.00 bits per heavy atom. The molecule has 4 N–H and O–H groups in total. The van der Waals surface area contributed by atoms with E-state index in [-0.39, 0.29) is 18.0 Å². The van der Waals surface area contributed by atoms with Crippen molar-refractivity contribution in [3.05, 3.63) is 35.9 Å². The molecule has 0 aromatic carbocycles. The lowest BCUT2D eigenvalue weighted by atomic mass is 9.91. The Labute approximate surface area is 168 Å². The summed E-state index contributed by atoms with van der Waals surface area (Å²) < 4.78 is 8.36. The number of anilines is 2. The fourth-order valence-electron chi connectivity index (χ4n) is 3.71. The van der Waals surface area contributed by atoms with Crippen LogP contribution in [0.25, 0.3) is 5.65 Å². The second-order valence-corrected chi connectivity index (χ2v) is 7.39. The topological polar surface area (TPSA) is 124 Å². The van der Waals surface area contributed by atoms with Crippen molar-refractivity contribution in [3.63, 3.8) is 0 Å². The van der Waals surface area contributed by atoms with Crippen LogP contribution in [-0.4, -0.2) is 49.5 Å². The van der Waals surface area contributed by atoms with Crippen molar-refractivity contribution in [1.82, 2.24) is 24.4 Å². The molecule has 2 atom stereocenters. The first kappa shape index (κ1) is 19.3. The van der Waals surface area contributed by atoms with Gasteiger partial charge in [0, 0.05) is 38.6 Å². The molecule has 0 unspecified atom stereocenters. The second kappa shape index (κ2) is 8.18. The molecule has 0 bridgehead atoms. The fraction of sp³-hybridized carbons (Fsp3) is 0.474. The van der Waals surface area contributed by atoms with Crippen molar-refractivity contribution >= 4 is 23.1 Å². The monoisotopic (exact) mass is 398 g/mol. The zero-order valence-corrected chi connectivity index (χ0v) is 16.6. The largest absolute Gasteiger partial charge is 0.378 e. The van der Waals surface area contributed by atoms with Gasteiger partial charge in [0.15, 0.2) is 5.65 Å². The number of aryl methyl sites for hydroxylation is 1. The van der Waals surface area contributed by atoms with E-state index in [0.29, 0.717) is 35.0 Å². The maximum Gasteiger partial charge on any atom is 0.261 e. The normalized spacial score (nSPS) is 19.4. The molecule has 1 fully saturated rings. The molecule has 1 saturated carbocycles. The van der Waals surface area contributed by atoms with E-state index in [1.165, 1.54) is 6.20 Å². The number of nitrogens with two attached hydrogens (primary N) is 1. The Morgan fingerprint density at radius 1 is 1.38 bits per heavy atom. The number of aromatic nitrogens is 5. The van der Waals surface area contributed by atoms with Gasteiger partial charge in [-0.05, 0) is 18.9 Å². The first-order chi connectivity index (χ1) is 14.0. The Hall–Kier alpha value is -2.98. The molecule has 1 aliphatic carbocycles. The van der Waals surface area contributed by atoms with Crippen LogP contribution >= 0.6 is 0 Å². The molecule has 4 rings (SSSR count). The summed E-state index contributed by atoms with van der Waals surface area (Å²) in [5, 5.41) is 14.8. The lowest BCUT2D eigenvalue weighted by Gasteiger charge is -2.29. The van der Waals surface area contributed by atoms with E-state index in [2.05, 4.69) is 25.8 Å². The zero-order chi connectivity index (χ0) is 20.4. The minimum atomic E-state index is -0.302. The van der Waals surface area contributed by atoms with Gasteiger partial charge in [-0.15, -0.1) is 0 Å². The first-order valence-corrected chi connectivity index (χ1v) is 9.74. The predicted octanol–water partition coefficient (Wildman–Crippen LogP) is 1.54. The van der Waals surface area contributed by atoms with E-state index in [4.69, 9.17) is 10.5 Å². The third kappa shape index (κ3) is 4.08. The Balaban J connectivity index is 1.56. The Bertz CT molecular complexity index is 1010. The Morgan fingerprint density at radius 2 is 2.21 bits per heavy atom. The van der Waals surface area contributed by atoms with E-state index in [9.17, 15) is 4.79 Å². The molecule has 1 aliphatic rings. The first-order valence-electron chi connectivity index (χ1n) is 9.74. The summed E-state index contributed by atoms with van der Waals surface area (Å²) in [6.07, 6.45) is 9.39. The summed E-state index contributed by atoms with van der Waals surface area (Å²) in [4.78, 5) is 17.5. The van der Waals surface area contributed by atoms with E-state index in [1.807, 2.05) is 6.07 Å². The van der Waals surface area contributed by atoms with Crippen molar-refractivity contribution in [2.45, 2.75) is 44.4 Å². The molecular formula is C19H26N8O2. The molecule has 29 heavy (non-hydrogen) atoms. The summed E-state index contributed by atoms with van der Waals surface area (Å²) >= 11 is 0. The molecule has 0 aliphatic heterocycles. The van der Waals surface area contributed by atoms with E-state index in [0.717, 1.165) is 25.7 Å². The number of carbonyl (C=O) groups excluding carboxylic acids is 1. The number of nitrogens with zero attached hydrogens (tertiary/aromatic N) is 5. The Kier molecular flexibility index (Phi) is 5.45. The van der Waals surface area contributed by atoms with E-state index < -0.39 is 0 Å². The smallest absolute Gasteiger partial charge is 0.261 e. The lowest BCUT2D eigenvalue weighted by molar-refractivity contribution is 0.102. The van der Waals surface area contributed by atoms with Crippen LogP contribution in [0.4, 0.5) is 11.5 Å². The van der Waals surface area contributed by atoms with Gasteiger partial charge in [0.25, 0.3) is 5.91 Å². The van der Waals surface area contributed by atoms with E-state index in [1.54, 1.807) is 35.7 Å². The van der Waals surface area contributed by atoms with Crippen LogP contribution in [0, 0.1) is 0 Å². The van der Waals surface area contributed by atoms with Crippen LogP contribution in [0.5, 0.6) is 0 Å². The van der Waals surface area contributed by atoms with Crippen molar-refractivity contribution in [3.8, 4) is 0 Å². The number of amides is 1. The third-order valence-corrected chi connectivity index (χ3v) is 5.20. The molecule has 1 amide bonds. The van der Waals surface area contributed by atoms with Crippen molar-refractivity contribution < 1.29 is 9.53 Å². The predicted molar refractivity (Wildman–Crippen MR) is 109 cm³/mol.